The Kier molecular flexibility index (Phi) is 5.63. The highest BCUT2D eigenvalue weighted by molar-refractivity contribution is 4.95. The van der Waals surface area contributed by atoms with Gasteiger partial charge in [-0.1, -0.05) is 6.92 Å². The molecule has 2 aliphatic heterocycles. The minimum absolute atomic E-state index is 0.0114. The maximum absolute atomic E-state index is 6.03. The maximum Gasteiger partial charge on any atom is 0.0939 e. The van der Waals surface area contributed by atoms with Crippen LogP contribution in [0.25, 0.3) is 0 Å². The summed E-state index contributed by atoms with van der Waals surface area (Å²) in [6.07, 6.45) is 4.67. The number of ether oxygens (including phenoxy) is 3. The van der Waals surface area contributed by atoms with Crippen LogP contribution in [0.15, 0.2) is 0 Å². The van der Waals surface area contributed by atoms with E-state index in [9.17, 15) is 0 Å². The van der Waals surface area contributed by atoms with E-state index in [1.165, 1.54) is 0 Å². The van der Waals surface area contributed by atoms with Gasteiger partial charge in [-0.25, -0.2) is 0 Å². The van der Waals surface area contributed by atoms with Gasteiger partial charge in [0.05, 0.1) is 18.3 Å². The van der Waals surface area contributed by atoms with Crippen LogP contribution >= 0.6 is 0 Å². The minimum atomic E-state index is -0.0114. The molecule has 0 amide bonds. The largest absolute Gasteiger partial charge is 0.380 e. The van der Waals surface area contributed by atoms with Crippen LogP contribution in [-0.2, 0) is 14.2 Å². The zero-order valence-electron chi connectivity index (χ0n) is 12.6. The molecule has 4 nitrogen and oxygen atoms in total. The molecule has 2 saturated heterocycles. The monoisotopic (exact) mass is 271 g/mol. The topological polar surface area (TPSA) is 39.7 Å². The Balaban J connectivity index is 1.99. The zero-order chi connectivity index (χ0) is 13.7. The van der Waals surface area contributed by atoms with Crippen LogP contribution in [0.2, 0.25) is 0 Å². The lowest BCUT2D eigenvalue weighted by Gasteiger charge is -2.42. The van der Waals surface area contributed by atoms with Crippen molar-refractivity contribution in [2.45, 2.75) is 57.3 Å². The van der Waals surface area contributed by atoms with Crippen molar-refractivity contribution in [1.82, 2.24) is 5.32 Å². The summed E-state index contributed by atoms with van der Waals surface area (Å²) >= 11 is 0. The van der Waals surface area contributed by atoms with E-state index in [2.05, 4.69) is 19.2 Å². The Bertz CT molecular complexity index is 266. The van der Waals surface area contributed by atoms with Crippen LogP contribution in [0.4, 0.5) is 0 Å². The predicted molar refractivity (Wildman–Crippen MR) is 75.4 cm³/mol. The molecular weight excluding hydrogens is 242 g/mol. The normalized spacial score (nSPS) is 34.6. The summed E-state index contributed by atoms with van der Waals surface area (Å²) in [7, 11) is 1.80. The Morgan fingerprint density at radius 3 is 2.89 bits per heavy atom. The molecule has 2 fully saturated rings. The summed E-state index contributed by atoms with van der Waals surface area (Å²) in [5.74, 6) is 0.622. The van der Waals surface area contributed by atoms with Crippen LogP contribution in [0, 0.1) is 5.92 Å². The van der Waals surface area contributed by atoms with E-state index < -0.39 is 0 Å². The third kappa shape index (κ3) is 3.69. The van der Waals surface area contributed by atoms with Crippen molar-refractivity contribution >= 4 is 0 Å². The smallest absolute Gasteiger partial charge is 0.0939 e. The van der Waals surface area contributed by atoms with Crippen LogP contribution in [0.1, 0.15) is 39.5 Å². The van der Waals surface area contributed by atoms with Gasteiger partial charge in [0.25, 0.3) is 0 Å². The van der Waals surface area contributed by atoms with Gasteiger partial charge in [0.2, 0.25) is 0 Å². The molecule has 0 aromatic carbocycles. The summed E-state index contributed by atoms with van der Waals surface area (Å²) in [5, 5.41) is 3.67. The van der Waals surface area contributed by atoms with Crippen LogP contribution in [0.5, 0.6) is 0 Å². The molecule has 0 saturated carbocycles. The Labute approximate surface area is 117 Å². The molecule has 1 spiro atoms. The van der Waals surface area contributed by atoms with Crippen LogP contribution in [0.3, 0.4) is 0 Å². The van der Waals surface area contributed by atoms with Crippen molar-refractivity contribution in [3.05, 3.63) is 0 Å². The predicted octanol–water partition coefficient (Wildman–Crippen LogP) is 1.98. The second-order valence-electron chi connectivity index (χ2n) is 6.01. The molecule has 2 rings (SSSR count). The van der Waals surface area contributed by atoms with Crippen molar-refractivity contribution < 1.29 is 14.2 Å². The van der Waals surface area contributed by atoms with E-state index in [1.54, 1.807) is 7.11 Å². The van der Waals surface area contributed by atoms with E-state index in [1.807, 2.05) is 0 Å². The molecule has 2 aliphatic rings. The average molecular weight is 271 g/mol. The summed E-state index contributed by atoms with van der Waals surface area (Å²) in [4.78, 5) is 0. The standard InChI is InChI=1S/C15H29NO3/c1-4-7-16-14(12(2)17-3)13-5-8-19-15(10-13)6-9-18-11-15/h12-14,16H,4-11H2,1-3H3. The summed E-state index contributed by atoms with van der Waals surface area (Å²) in [5.41, 5.74) is -0.0114. The van der Waals surface area contributed by atoms with Gasteiger partial charge in [-0.05, 0) is 38.6 Å². The molecule has 4 unspecified atom stereocenters. The highest BCUT2D eigenvalue weighted by Crippen LogP contribution is 2.37. The van der Waals surface area contributed by atoms with Crippen molar-refractivity contribution in [3.8, 4) is 0 Å². The fourth-order valence-corrected chi connectivity index (χ4v) is 3.41. The molecular formula is C15H29NO3. The Morgan fingerprint density at radius 2 is 2.26 bits per heavy atom. The lowest BCUT2D eigenvalue weighted by Crippen LogP contribution is -2.51. The minimum Gasteiger partial charge on any atom is -0.380 e. The van der Waals surface area contributed by atoms with Gasteiger partial charge < -0.3 is 19.5 Å². The lowest BCUT2D eigenvalue weighted by atomic mass is 9.79. The fourth-order valence-electron chi connectivity index (χ4n) is 3.41. The number of nitrogens with one attached hydrogen (secondary N) is 1. The van der Waals surface area contributed by atoms with Gasteiger partial charge in [-0.3, -0.25) is 0 Å². The van der Waals surface area contributed by atoms with Crippen molar-refractivity contribution in [2.75, 3.05) is 33.5 Å². The molecule has 0 aromatic rings. The molecule has 4 heteroatoms. The van der Waals surface area contributed by atoms with Crippen LogP contribution < -0.4 is 5.32 Å². The second-order valence-corrected chi connectivity index (χ2v) is 6.01. The van der Waals surface area contributed by atoms with Gasteiger partial charge in [0.15, 0.2) is 0 Å². The molecule has 4 atom stereocenters. The molecule has 0 radical (unpaired) electrons. The molecule has 19 heavy (non-hydrogen) atoms. The van der Waals surface area contributed by atoms with Gasteiger partial charge in [-0.15, -0.1) is 0 Å². The van der Waals surface area contributed by atoms with Crippen molar-refractivity contribution in [3.63, 3.8) is 0 Å². The molecule has 112 valence electrons. The quantitative estimate of drug-likeness (QED) is 0.802. The molecule has 0 aromatic heterocycles. The van der Waals surface area contributed by atoms with Gasteiger partial charge >= 0.3 is 0 Å². The molecule has 1 N–H and O–H groups in total. The number of hydrogen-bond acceptors (Lipinski definition) is 4. The van der Waals surface area contributed by atoms with Crippen molar-refractivity contribution in [1.29, 1.82) is 0 Å². The summed E-state index contributed by atoms with van der Waals surface area (Å²) < 4.78 is 17.2. The Hall–Kier alpha value is -0.160. The first-order valence-corrected chi connectivity index (χ1v) is 7.68. The highest BCUT2D eigenvalue weighted by atomic mass is 16.6. The maximum atomic E-state index is 6.03. The van der Waals surface area contributed by atoms with E-state index in [0.29, 0.717) is 12.0 Å². The molecule has 2 heterocycles. The molecule has 0 bridgehead atoms. The van der Waals surface area contributed by atoms with E-state index in [4.69, 9.17) is 14.2 Å². The van der Waals surface area contributed by atoms with Gasteiger partial charge in [0, 0.05) is 32.8 Å². The van der Waals surface area contributed by atoms with Crippen LogP contribution in [-0.4, -0.2) is 51.2 Å². The number of hydrogen-bond donors (Lipinski definition) is 1. The lowest BCUT2D eigenvalue weighted by molar-refractivity contribution is -0.110. The summed E-state index contributed by atoms with van der Waals surface area (Å²) in [6.45, 7) is 7.90. The number of methoxy groups -OCH3 is 1. The first-order chi connectivity index (χ1) is 9.21. The Morgan fingerprint density at radius 1 is 1.42 bits per heavy atom. The second kappa shape index (κ2) is 7.02. The van der Waals surface area contributed by atoms with E-state index in [-0.39, 0.29) is 11.7 Å². The SMILES string of the molecule is CCCNC(C1CCOC2(CCOC2)C1)C(C)OC. The fraction of sp³-hybridized carbons (Fsp3) is 1.00. The third-order valence-electron chi connectivity index (χ3n) is 4.61. The van der Waals surface area contributed by atoms with Gasteiger partial charge in [0.1, 0.15) is 0 Å². The third-order valence-corrected chi connectivity index (χ3v) is 4.61. The average Bonchev–Trinajstić information content (AvgIpc) is 2.87. The number of rotatable bonds is 6. The molecule has 0 aliphatic carbocycles. The zero-order valence-corrected chi connectivity index (χ0v) is 12.6. The van der Waals surface area contributed by atoms with E-state index in [0.717, 1.165) is 52.0 Å². The first-order valence-electron chi connectivity index (χ1n) is 7.68. The summed E-state index contributed by atoms with van der Waals surface area (Å²) in [6, 6.07) is 0.423. The van der Waals surface area contributed by atoms with Crippen molar-refractivity contribution in [2.24, 2.45) is 5.92 Å². The first kappa shape index (κ1) is 15.2. The van der Waals surface area contributed by atoms with Gasteiger partial charge in [-0.2, -0.15) is 0 Å². The van der Waals surface area contributed by atoms with E-state index >= 15 is 0 Å². The highest BCUT2D eigenvalue weighted by Gasteiger charge is 2.43.